The van der Waals surface area contributed by atoms with E-state index < -0.39 is 5.97 Å². The van der Waals surface area contributed by atoms with Crippen LogP contribution in [0.2, 0.25) is 0 Å². The molecule has 0 saturated heterocycles. The summed E-state index contributed by atoms with van der Waals surface area (Å²) in [5.74, 6) is 0.524. The van der Waals surface area contributed by atoms with Crippen molar-refractivity contribution in [2.45, 2.75) is 25.0 Å². The molecule has 0 saturated carbocycles. The number of nitrogens with one attached hydrogen (secondary N) is 1. The number of amides is 1. The molecule has 0 spiro atoms. The van der Waals surface area contributed by atoms with E-state index in [2.05, 4.69) is 11.9 Å². The minimum Gasteiger partial charge on any atom is -0.481 e. The van der Waals surface area contributed by atoms with E-state index in [0.717, 1.165) is 17.0 Å². The van der Waals surface area contributed by atoms with Gasteiger partial charge in [-0.2, -0.15) is 11.8 Å². The summed E-state index contributed by atoms with van der Waals surface area (Å²) >= 11 is 1.57. The van der Waals surface area contributed by atoms with Crippen LogP contribution in [0.5, 0.6) is 0 Å². The molecule has 1 aromatic carbocycles. The van der Waals surface area contributed by atoms with Crippen molar-refractivity contribution in [3.8, 4) is 0 Å². The molecule has 0 atom stereocenters. The third-order valence-corrected chi connectivity index (χ3v) is 3.55. The summed E-state index contributed by atoms with van der Waals surface area (Å²) in [6.07, 6.45) is 2.98. The van der Waals surface area contributed by atoms with Crippen LogP contribution in [0.3, 0.4) is 0 Å². The molecule has 0 unspecified atom stereocenters. The SMILES string of the molecule is C=CCCC(=O)Nc1cccc(CSCCC(=O)O)c1. The molecular weight excluding hydrogens is 274 g/mol. The molecular formula is C15H19NO3S. The summed E-state index contributed by atoms with van der Waals surface area (Å²) in [4.78, 5) is 22.0. The molecule has 1 amide bonds. The summed E-state index contributed by atoms with van der Waals surface area (Å²) in [6.45, 7) is 3.58. The smallest absolute Gasteiger partial charge is 0.304 e. The quantitative estimate of drug-likeness (QED) is 0.541. The first-order chi connectivity index (χ1) is 9.61. The molecule has 0 aliphatic heterocycles. The molecule has 108 valence electrons. The van der Waals surface area contributed by atoms with E-state index in [-0.39, 0.29) is 12.3 Å². The summed E-state index contributed by atoms with van der Waals surface area (Å²) < 4.78 is 0. The maximum Gasteiger partial charge on any atom is 0.304 e. The van der Waals surface area contributed by atoms with Crippen LogP contribution in [-0.4, -0.2) is 22.7 Å². The molecule has 0 aromatic heterocycles. The molecule has 5 heteroatoms. The van der Waals surface area contributed by atoms with Gasteiger partial charge in [0.2, 0.25) is 5.91 Å². The zero-order chi connectivity index (χ0) is 14.8. The van der Waals surface area contributed by atoms with Crippen molar-refractivity contribution in [1.82, 2.24) is 0 Å². The highest BCUT2D eigenvalue weighted by Gasteiger charge is 2.03. The average molecular weight is 293 g/mol. The van der Waals surface area contributed by atoms with Gasteiger partial charge in [0, 0.05) is 23.6 Å². The number of rotatable bonds is 9. The monoisotopic (exact) mass is 293 g/mol. The van der Waals surface area contributed by atoms with Crippen LogP contribution >= 0.6 is 11.8 Å². The first kappa shape index (κ1) is 16.3. The van der Waals surface area contributed by atoms with Gasteiger partial charge in [-0.3, -0.25) is 9.59 Å². The lowest BCUT2D eigenvalue weighted by Crippen LogP contribution is -2.10. The van der Waals surface area contributed by atoms with Crippen molar-refractivity contribution in [2.24, 2.45) is 0 Å². The lowest BCUT2D eigenvalue weighted by molar-refractivity contribution is -0.136. The van der Waals surface area contributed by atoms with Gasteiger partial charge in [0.25, 0.3) is 0 Å². The summed E-state index contributed by atoms with van der Waals surface area (Å²) in [5.41, 5.74) is 1.84. The third kappa shape index (κ3) is 6.99. The minimum absolute atomic E-state index is 0.0272. The number of carboxylic acid groups (broad SMARTS) is 1. The Kier molecular flexibility index (Phi) is 7.50. The second-order valence-electron chi connectivity index (χ2n) is 4.27. The van der Waals surface area contributed by atoms with E-state index in [4.69, 9.17) is 5.11 Å². The molecule has 0 aliphatic carbocycles. The number of benzene rings is 1. The molecule has 20 heavy (non-hydrogen) atoms. The molecule has 0 fully saturated rings. The fourth-order valence-electron chi connectivity index (χ4n) is 1.55. The van der Waals surface area contributed by atoms with Gasteiger partial charge in [-0.25, -0.2) is 0 Å². The van der Waals surface area contributed by atoms with Crippen molar-refractivity contribution in [1.29, 1.82) is 0 Å². The Morgan fingerprint density at radius 2 is 2.15 bits per heavy atom. The van der Waals surface area contributed by atoms with Crippen LogP contribution < -0.4 is 5.32 Å². The largest absolute Gasteiger partial charge is 0.481 e. The van der Waals surface area contributed by atoms with Crippen molar-refractivity contribution in [2.75, 3.05) is 11.1 Å². The predicted molar refractivity (Wildman–Crippen MR) is 82.9 cm³/mol. The maximum absolute atomic E-state index is 11.6. The van der Waals surface area contributed by atoms with Gasteiger partial charge in [0.15, 0.2) is 0 Å². The lowest BCUT2D eigenvalue weighted by atomic mass is 10.2. The van der Waals surface area contributed by atoms with Crippen molar-refractivity contribution >= 4 is 29.3 Å². The van der Waals surface area contributed by atoms with Crippen LogP contribution in [0.4, 0.5) is 5.69 Å². The fourth-order valence-corrected chi connectivity index (χ4v) is 2.42. The number of anilines is 1. The third-order valence-electron chi connectivity index (χ3n) is 2.52. The van der Waals surface area contributed by atoms with E-state index >= 15 is 0 Å². The highest BCUT2D eigenvalue weighted by molar-refractivity contribution is 7.98. The second kappa shape index (κ2) is 9.20. The Morgan fingerprint density at radius 1 is 1.35 bits per heavy atom. The standard InChI is InChI=1S/C15H19NO3S/c1-2-3-7-14(17)16-13-6-4-5-12(10-13)11-20-9-8-15(18)19/h2,4-6,10H,1,3,7-9,11H2,(H,16,17)(H,18,19). The zero-order valence-electron chi connectivity index (χ0n) is 11.3. The molecule has 4 nitrogen and oxygen atoms in total. The Labute approximate surface area is 123 Å². The van der Waals surface area contributed by atoms with Crippen LogP contribution in [0.1, 0.15) is 24.8 Å². The van der Waals surface area contributed by atoms with Crippen LogP contribution in [0, 0.1) is 0 Å². The van der Waals surface area contributed by atoms with Gasteiger partial charge < -0.3 is 10.4 Å². The van der Waals surface area contributed by atoms with Gasteiger partial charge >= 0.3 is 5.97 Å². The molecule has 1 aromatic rings. The minimum atomic E-state index is -0.777. The number of carbonyl (C=O) groups excluding carboxylic acids is 1. The maximum atomic E-state index is 11.6. The number of hydrogen-bond donors (Lipinski definition) is 2. The van der Waals surface area contributed by atoms with Crippen molar-refractivity contribution < 1.29 is 14.7 Å². The first-order valence-electron chi connectivity index (χ1n) is 6.41. The lowest BCUT2D eigenvalue weighted by Gasteiger charge is -2.07. The zero-order valence-corrected chi connectivity index (χ0v) is 12.1. The first-order valence-corrected chi connectivity index (χ1v) is 7.56. The van der Waals surface area contributed by atoms with Gasteiger partial charge in [0.1, 0.15) is 0 Å². The number of hydrogen-bond acceptors (Lipinski definition) is 3. The molecule has 0 aliphatic rings. The highest BCUT2D eigenvalue weighted by Crippen LogP contribution is 2.17. The van der Waals surface area contributed by atoms with Crippen LogP contribution in [0.15, 0.2) is 36.9 Å². The molecule has 0 heterocycles. The van der Waals surface area contributed by atoms with E-state index in [1.807, 2.05) is 24.3 Å². The van der Waals surface area contributed by atoms with Crippen LogP contribution in [-0.2, 0) is 15.3 Å². The number of allylic oxidation sites excluding steroid dienone is 1. The van der Waals surface area contributed by atoms with Gasteiger partial charge in [-0.15, -0.1) is 6.58 Å². The van der Waals surface area contributed by atoms with E-state index in [9.17, 15) is 9.59 Å². The molecule has 0 radical (unpaired) electrons. The molecule has 1 rings (SSSR count). The van der Waals surface area contributed by atoms with Gasteiger partial charge in [0.05, 0.1) is 6.42 Å². The van der Waals surface area contributed by atoms with E-state index in [0.29, 0.717) is 18.6 Å². The Balaban J connectivity index is 2.42. The molecule has 2 N–H and O–H groups in total. The van der Waals surface area contributed by atoms with E-state index in [1.165, 1.54) is 0 Å². The Hall–Kier alpha value is -1.75. The second-order valence-corrected chi connectivity index (χ2v) is 5.38. The summed E-state index contributed by atoms with van der Waals surface area (Å²) in [6, 6.07) is 7.61. The Bertz CT molecular complexity index is 474. The number of aliphatic carboxylic acids is 1. The van der Waals surface area contributed by atoms with Crippen molar-refractivity contribution in [3.63, 3.8) is 0 Å². The van der Waals surface area contributed by atoms with Crippen molar-refractivity contribution in [3.05, 3.63) is 42.5 Å². The van der Waals surface area contributed by atoms with Gasteiger partial charge in [-0.05, 0) is 24.1 Å². The average Bonchev–Trinajstić information content (AvgIpc) is 2.41. The van der Waals surface area contributed by atoms with Crippen LogP contribution in [0.25, 0.3) is 0 Å². The number of thioether (sulfide) groups is 1. The number of carbonyl (C=O) groups is 2. The van der Waals surface area contributed by atoms with E-state index in [1.54, 1.807) is 17.8 Å². The van der Waals surface area contributed by atoms with Gasteiger partial charge in [-0.1, -0.05) is 18.2 Å². The number of carboxylic acids is 1. The highest BCUT2D eigenvalue weighted by atomic mass is 32.2. The summed E-state index contributed by atoms with van der Waals surface area (Å²) in [7, 11) is 0. The molecule has 0 bridgehead atoms. The topological polar surface area (TPSA) is 66.4 Å². The normalized spacial score (nSPS) is 10.0. The predicted octanol–water partition coefficient (Wildman–Crippen LogP) is 3.30. The Morgan fingerprint density at radius 3 is 2.85 bits per heavy atom. The fraction of sp³-hybridized carbons (Fsp3) is 0.333. The summed E-state index contributed by atoms with van der Waals surface area (Å²) in [5, 5.41) is 11.4.